The number of carbonyl (C=O) groups excluding carboxylic acids is 2. The Morgan fingerprint density at radius 3 is 2.22 bits per heavy atom. The molecule has 0 N–H and O–H groups in total. The molecule has 1 atom stereocenters. The van der Waals surface area contributed by atoms with Crippen LogP contribution in [0, 0.1) is 13.8 Å². The molecule has 2 aliphatic heterocycles. The SMILES string of the molecule is CCCC(=O)N1CCC[C@H](c2nc(C)c(CC(=O)N3CCCC3)c(C)n2)C1. The summed E-state index contributed by atoms with van der Waals surface area (Å²) in [6.07, 6.45) is 6.11. The number of aromatic nitrogens is 2. The highest BCUT2D eigenvalue weighted by Crippen LogP contribution is 2.26. The van der Waals surface area contributed by atoms with Gasteiger partial charge in [-0.3, -0.25) is 9.59 Å². The van der Waals surface area contributed by atoms with E-state index >= 15 is 0 Å². The fourth-order valence-corrected chi connectivity index (χ4v) is 4.22. The molecule has 6 heteroatoms. The minimum absolute atomic E-state index is 0.184. The Hall–Kier alpha value is -1.98. The van der Waals surface area contributed by atoms with Crippen LogP contribution in [-0.4, -0.2) is 57.8 Å². The molecule has 2 saturated heterocycles. The number of hydrogen-bond acceptors (Lipinski definition) is 4. The molecule has 0 unspecified atom stereocenters. The van der Waals surface area contributed by atoms with Crippen molar-refractivity contribution in [2.75, 3.05) is 26.2 Å². The lowest BCUT2D eigenvalue weighted by molar-refractivity contribution is -0.132. The molecule has 1 aromatic heterocycles. The van der Waals surface area contributed by atoms with Crippen molar-refractivity contribution in [2.45, 2.75) is 71.6 Å². The van der Waals surface area contributed by atoms with Gasteiger partial charge in [-0.15, -0.1) is 0 Å². The van der Waals surface area contributed by atoms with E-state index in [2.05, 4.69) is 0 Å². The van der Waals surface area contributed by atoms with Crippen molar-refractivity contribution in [1.82, 2.24) is 19.8 Å². The first-order chi connectivity index (χ1) is 13.0. The first kappa shape index (κ1) is 19.8. The fraction of sp³-hybridized carbons (Fsp3) is 0.714. The molecule has 0 radical (unpaired) electrons. The smallest absolute Gasteiger partial charge is 0.227 e. The number of rotatable bonds is 5. The second-order valence-electron chi connectivity index (χ2n) is 7.92. The number of hydrogen-bond donors (Lipinski definition) is 0. The summed E-state index contributed by atoms with van der Waals surface area (Å²) in [7, 11) is 0. The third kappa shape index (κ3) is 4.66. The van der Waals surface area contributed by atoms with Gasteiger partial charge in [0, 0.05) is 55.5 Å². The monoisotopic (exact) mass is 372 g/mol. The van der Waals surface area contributed by atoms with Crippen molar-refractivity contribution in [2.24, 2.45) is 0 Å². The van der Waals surface area contributed by atoms with E-state index in [1.165, 1.54) is 0 Å². The van der Waals surface area contributed by atoms with Crippen molar-refractivity contribution in [3.8, 4) is 0 Å². The Labute approximate surface area is 162 Å². The van der Waals surface area contributed by atoms with Gasteiger partial charge in [-0.2, -0.15) is 0 Å². The maximum Gasteiger partial charge on any atom is 0.227 e. The van der Waals surface area contributed by atoms with Crippen molar-refractivity contribution in [1.29, 1.82) is 0 Å². The average Bonchev–Trinajstić information content (AvgIpc) is 3.19. The van der Waals surface area contributed by atoms with E-state index < -0.39 is 0 Å². The lowest BCUT2D eigenvalue weighted by Gasteiger charge is -2.32. The van der Waals surface area contributed by atoms with Gasteiger partial charge in [-0.25, -0.2) is 9.97 Å². The number of amides is 2. The first-order valence-electron chi connectivity index (χ1n) is 10.4. The Bertz CT molecular complexity index is 674. The van der Waals surface area contributed by atoms with E-state index in [4.69, 9.17) is 9.97 Å². The number of nitrogens with zero attached hydrogens (tertiary/aromatic N) is 4. The third-order valence-corrected chi connectivity index (χ3v) is 5.83. The molecule has 3 rings (SSSR count). The summed E-state index contributed by atoms with van der Waals surface area (Å²) in [5.41, 5.74) is 2.77. The van der Waals surface area contributed by atoms with Gasteiger partial charge in [0.25, 0.3) is 0 Å². The normalized spacial score (nSPS) is 20.2. The molecule has 0 aliphatic carbocycles. The van der Waals surface area contributed by atoms with E-state index in [-0.39, 0.29) is 17.7 Å². The van der Waals surface area contributed by atoms with Crippen LogP contribution in [0.4, 0.5) is 0 Å². The van der Waals surface area contributed by atoms with Crippen LogP contribution in [-0.2, 0) is 16.0 Å². The average molecular weight is 373 g/mol. The molecule has 0 bridgehead atoms. The van der Waals surface area contributed by atoms with Crippen molar-refractivity contribution >= 4 is 11.8 Å². The van der Waals surface area contributed by atoms with Crippen LogP contribution in [0.25, 0.3) is 0 Å². The molecule has 27 heavy (non-hydrogen) atoms. The lowest BCUT2D eigenvalue weighted by atomic mass is 9.96. The highest BCUT2D eigenvalue weighted by molar-refractivity contribution is 5.79. The van der Waals surface area contributed by atoms with Gasteiger partial charge < -0.3 is 9.80 Å². The van der Waals surface area contributed by atoms with Crippen LogP contribution in [0.3, 0.4) is 0 Å². The van der Waals surface area contributed by atoms with E-state index in [1.54, 1.807) is 0 Å². The topological polar surface area (TPSA) is 66.4 Å². The largest absolute Gasteiger partial charge is 0.342 e. The lowest BCUT2D eigenvalue weighted by Crippen LogP contribution is -2.39. The second-order valence-corrected chi connectivity index (χ2v) is 7.92. The van der Waals surface area contributed by atoms with Gasteiger partial charge in [0.15, 0.2) is 0 Å². The molecule has 148 valence electrons. The molecular formula is C21H32N4O2. The molecule has 3 heterocycles. The highest BCUT2D eigenvalue weighted by Gasteiger charge is 2.27. The van der Waals surface area contributed by atoms with Crippen LogP contribution in [0.15, 0.2) is 0 Å². The quantitative estimate of drug-likeness (QED) is 0.797. The van der Waals surface area contributed by atoms with Crippen molar-refractivity contribution in [3.05, 3.63) is 22.8 Å². The third-order valence-electron chi connectivity index (χ3n) is 5.83. The summed E-state index contributed by atoms with van der Waals surface area (Å²) in [4.78, 5) is 38.2. The molecular weight excluding hydrogens is 340 g/mol. The molecule has 0 saturated carbocycles. The van der Waals surface area contributed by atoms with Gasteiger partial charge in [0.1, 0.15) is 5.82 Å². The molecule has 2 fully saturated rings. The summed E-state index contributed by atoms with van der Waals surface area (Å²) in [5, 5.41) is 0. The van der Waals surface area contributed by atoms with Gasteiger partial charge in [-0.1, -0.05) is 6.92 Å². The first-order valence-corrected chi connectivity index (χ1v) is 10.4. The van der Waals surface area contributed by atoms with Crippen LogP contribution in [0.1, 0.15) is 74.1 Å². The van der Waals surface area contributed by atoms with Crippen molar-refractivity contribution < 1.29 is 9.59 Å². The van der Waals surface area contributed by atoms with Gasteiger partial charge in [0.2, 0.25) is 11.8 Å². The predicted octanol–water partition coefficient (Wildman–Crippen LogP) is 2.76. The van der Waals surface area contributed by atoms with Gasteiger partial charge >= 0.3 is 0 Å². The molecule has 6 nitrogen and oxygen atoms in total. The Balaban J connectivity index is 1.72. The van der Waals surface area contributed by atoms with Crippen LogP contribution < -0.4 is 0 Å². The maximum atomic E-state index is 12.5. The second kappa shape index (κ2) is 8.81. The number of piperidine rings is 1. The standard InChI is InChI=1S/C21H32N4O2/c1-4-8-19(26)25-12-7-9-17(14-25)21-22-15(2)18(16(3)23-21)13-20(27)24-10-5-6-11-24/h17H,4-14H2,1-3H3/t17-/m0/s1. The fourth-order valence-electron chi connectivity index (χ4n) is 4.22. The van der Waals surface area contributed by atoms with Crippen LogP contribution >= 0.6 is 0 Å². The molecule has 1 aromatic rings. The Morgan fingerprint density at radius 2 is 1.59 bits per heavy atom. The molecule has 2 amide bonds. The zero-order valence-electron chi connectivity index (χ0n) is 17.0. The Morgan fingerprint density at radius 1 is 0.963 bits per heavy atom. The van der Waals surface area contributed by atoms with E-state index in [0.717, 1.165) is 74.5 Å². The highest BCUT2D eigenvalue weighted by atomic mass is 16.2. The number of carbonyl (C=O) groups is 2. The summed E-state index contributed by atoms with van der Waals surface area (Å²) >= 11 is 0. The Kier molecular flexibility index (Phi) is 6.45. The zero-order valence-corrected chi connectivity index (χ0v) is 17.0. The van der Waals surface area contributed by atoms with Gasteiger partial charge in [0.05, 0.1) is 6.42 Å². The summed E-state index contributed by atoms with van der Waals surface area (Å²) in [5.74, 6) is 1.45. The summed E-state index contributed by atoms with van der Waals surface area (Å²) in [6, 6.07) is 0. The minimum Gasteiger partial charge on any atom is -0.342 e. The van der Waals surface area contributed by atoms with Crippen LogP contribution in [0.5, 0.6) is 0 Å². The number of aryl methyl sites for hydroxylation is 2. The summed E-state index contributed by atoms with van der Waals surface area (Å²) < 4.78 is 0. The maximum absolute atomic E-state index is 12.5. The van der Waals surface area contributed by atoms with Crippen LogP contribution in [0.2, 0.25) is 0 Å². The van der Waals surface area contributed by atoms with E-state index in [0.29, 0.717) is 19.4 Å². The van der Waals surface area contributed by atoms with Crippen molar-refractivity contribution in [3.63, 3.8) is 0 Å². The van der Waals surface area contributed by atoms with E-state index in [9.17, 15) is 9.59 Å². The molecule has 2 aliphatic rings. The molecule has 0 aromatic carbocycles. The zero-order chi connectivity index (χ0) is 19.4. The predicted molar refractivity (Wildman–Crippen MR) is 104 cm³/mol. The van der Waals surface area contributed by atoms with Gasteiger partial charge in [-0.05, 0) is 46.0 Å². The summed E-state index contributed by atoms with van der Waals surface area (Å²) in [6.45, 7) is 9.30. The van der Waals surface area contributed by atoms with E-state index in [1.807, 2.05) is 30.6 Å². The minimum atomic E-state index is 0.184. The molecule has 0 spiro atoms. The number of likely N-dealkylation sites (tertiary alicyclic amines) is 2.